The first-order chi connectivity index (χ1) is 15.4. The van der Waals surface area contributed by atoms with Gasteiger partial charge in [-0.15, -0.1) is 0 Å². The van der Waals surface area contributed by atoms with Gasteiger partial charge >= 0.3 is 0 Å². The Balaban J connectivity index is 1.45. The molecule has 9 heteroatoms. The number of hydrogen-bond donors (Lipinski definition) is 4. The molecule has 0 radical (unpaired) electrons. The summed E-state index contributed by atoms with van der Waals surface area (Å²) in [6, 6.07) is 15.9. The number of rotatable bonds is 6. The quantitative estimate of drug-likeness (QED) is 0.519. The number of carbonyl (C=O) groups excluding carboxylic acids is 1. The average molecular weight is 471 g/mol. The number of amides is 1. The van der Waals surface area contributed by atoms with Crippen LogP contribution in [0.2, 0.25) is 5.02 Å². The van der Waals surface area contributed by atoms with E-state index in [0.717, 1.165) is 17.7 Å². The number of aryl methyl sites for hydroxylation is 1. The lowest BCUT2D eigenvalue weighted by atomic mass is 9.97. The van der Waals surface area contributed by atoms with Crippen molar-refractivity contribution in [1.29, 1.82) is 5.41 Å². The van der Waals surface area contributed by atoms with Gasteiger partial charge in [-0.25, -0.2) is 10.4 Å². The van der Waals surface area contributed by atoms with Crippen LogP contribution in [0.3, 0.4) is 0 Å². The van der Waals surface area contributed by atoms with Crippen molar-refractivity contribution < 1.29 is 4.79 Å². The number of hydrazine groups is 1. The number of nitrogens with zero attached hydrogens (tertiary/aromatic N) is 2. The molecule has 0 aliphatic carbocycles. The van der Waals surface area contributed by atoms with Crippen LogP contribution in [0, 0.1) is 18.3 Å². The van der Waals surface area contributed by atoms with E-state index in [0.29, 0.717) is 22.6 Å². The number of fused-ring (bicyclic) bond motifs is 1. The van der Waals surface area contributed by atoms with E-state index in [-0.39, 0.29) is 29.8 Å². The highest BCUT2D eigenvalue weighted by Crippen LogP contribution is 2.33. The number of nitrogens with one attached hydrogen (secondary N) is 4. The van der Waals surface area contributed by atoms with Crippen molar-refractivity contribution >= 4 is 46.0 Å². The van der Waals surface area contributed by atoms with Gasteiger partial charge in [0.25, 0.3) is 0 Å². The third-order valence-corrected chi connectivity index (χ3v) is 7.02. The van der Waals surface area contributed by atoms with Crippen LogP contribution >= 0.6 is 23.4 Å². The minimum absolute atomic E-state index is 0.0601. The van der Waals surface area contributed by atoms with E-state index >= 15 is 0 Å². The Morgan fingerprint density at radius 2 is 2.03 bits per heavy atom. The van der Waals surface area contributed by atoms with Crippen molar-refractivity contribution in [3.63, 3.8) is 0 Å². The van der Waals surface area contributed by atoms with Gasteiger partial charge in [0.15, 0.2) is 5.17 Å². The van der Waals surface area contributed by atoms with Crippen LogP contribution in [0.15, 0.2) is 53.5 Å². The molecule has 4 N–H and O–H groups in total. The molecule has 0 spiro atoms. The molecule has 0 aromatic heterocycles. The maximum atomic E-state index is 12.5. The lowest BCUT2D eigenvalue weighted by Gasteiger charge is -2.36. The SMILES string of the molecule is Cc1ccc(N2C(=N)C3C(C)NNC3N=C2SCC(=O)NCCc2ccccc2)cc1Cl. The van der Waals surface area contributed by atoms with Crippen LogP contribution in [0.5, 0.6) is 0 Å². The molecule has 1 amide bonds. The zero-order valence-corrected chi connectivity index (χ0v) is 19.6. The first-order valence-corrected chi connectivity index (χ1v) is 12.0. The van der Waals surface area contributed by atoms with Crippen LogP contribution in [0.4, 0.5) is 5.69 Å². The monoisotopic (exact) mass is 470 g/mol. The maximum Gasteiger partial charge on any atom is 0.230 e. The van der Waals surface area contributed by atoms with Gasteiger partial charge in [0.2, 0.25) is 5.91 Å². The van der Waals surface area contributed by atoms with Gasteiger partial charge in [-0.3, -0.25) is 20.5 Å². The highest BCUT2D eigenvalue weighted by Gasteiger charge is 2.43. The van der Waals surface area contributed by atoms with Gasteiger partial charge in [0, 0.05) is 17.6 Å². The van der Waals surface area contributed by atoms with Gasteiger partial charge < -0.3 is 5.32 Å². The Morgan fingerprint density at radius 1 is 1.25 bits per heavy atom. The zero-order chi connectivity index (χ0) is 22.7. The van der Waals surface area contributed by atoms with Crippen LogP contribution in [-0.2, 0) is 11.2 Å². The Hall–Kier alpha value is -2.39. The number of thioether (sulfide) groups is 1. The lowest BCUT2D eigenvalue weighted by molar-refractivity contribution is -0.118. The Morgan fingerprint density at radius 3 is 2.78 bits per heavy atom. The molecule has 2 aromatic rings. The molecule has 4 rings (SSSR count). The molecule has 2 aliphatic heterocycles. The number of anilines is 1. The molecule has 3 unspecified atom stereocenters. The molecule has 1 saturated heterocycles. The summed E-state index contributed by atoms with van der Waals surface area (Å²) in [5.74, 6) is 0.480. The summed E-state index contributed by atoms with van der Waals surface area (Å²) in [6.07, 6.45) is 0.548. The molecule has 2 heterocycles. The molecule has 32 heavy (non-hydrogen) atoms. The molecule has 7 nitrogen and oxygen atoms in total. The molecule has 2 aliphatic rings. The number of amidine groups is 2. The van der Waals surface area contributed by atoms with Gasteiger partial charge in [0.05, 0.1) is 17.4 Å². The number of benzene rings is 2. The fraction of sp³-hybridized carbons (Fsp3) is 0.348. The van der Waals surface area contributed by atoms with Crippen molar-refractivity contribution in [3.8, 4) is 0 Å². The fourth-order valence-corrected chi connectivity index (χ4v) is 4.90. The van der Waals surface area contributed by atoms with Gasteiger partial charge in [-0.05, 0) is 43.5 Å². The third-order valence-electron chi connectivity index (χ3n) is 5.66. The maximum absolute atomic E-state index is 12.5. The van der Waals surface area contributed by atoms with Gasteiger partial charge in [0.1, 0.15) is 12.0 Å². The van der Waals surface area contributed by atoms with Crippen molar-refractivity contribution in [1.82, 2.24) is 16.2 Å². The second-order valence-corrected chi connectivity index (χ2v) is 9.34. The number of carbonyl (C=O) groups is 1. The third kappa shape index (κ3) is 4.99. The standard InChI is InChI=1S/C23H27ClN6OS/c1-14-8-9-17(12-18(14)24)30-21(25)20-15(2)28-29-22(20)27-23(30)32-13-19(31)26-11-10-16-6-4-3-5-7-16/h3-9,12,15,20,22,25,28-29H,10-11,13H2,1-2H3,(H,26,31). The van der Waals surface area contributed by atoms with Gasteiger partial charge in [-0.2, -0.15) is 0 Å². The first-order valence-electron chi connectivity index (χ1n) is 10.6. The van der Waals surface area contributed by atoms with Crippen LogP contribution in [-0.4, -0.2) is 41.4 Å². The topological polar surface area (TPSA) is 92.6 Å². The van der Waals surface area contributed by atoms with E-state index < -0.39 is 0 Å². The molecule has 0 bridgehead atoms. The molecule has 3 atom stereocenters. The Kier molecular flexibility index (Phi) is 7.15. The van der Waals surface area contributed by atoms with Gasteiger partial charge in [-0.1, -0.05) is 59.8 Å². The van der Waals surface area contributed by atoms with Crippen LogP contribution in [0.1, 0.15) is 18.1 Å². The molecule has 1 fully saturated rings. The summed E-state index contributed by atoms with van der Waals surface area (Å²) in [7, 11) is 0. The highest BCUT2D eigenvalue weighted by molar-refractivity contribution is 8.14. The average Bonchev–Trinajstić information content (AvgIpc) is 3.16. The zero-order valence-electron chi connectivity index (χ0n) is 18.1. The Bertz CT molecular complexity index is 1030. The van der Waals surface area contributed by atoms with E-state index in [2.05, 4.69) is 16.2 Å². The minimum atomic E-state index is -0.238. The van der Waals surface area contributed by atoms with Crippen molar-refractivity contribution in [2.24, 2.45) is 10.9 Å². The lowest BCUT2D eigenvalue weighted by Crippen LogP contribution is -2.50. The molecular formula is C23H27ClN6OS. The van der Waals surface area contributed by atoms with Crippen molar-refractivity contribution in [2.75, 3.05) is 17.2 Å². The summed E-state index contributed by atoms with van der Waals surface area (Å²) in [5.41, 5.74) is 9.27. The number of aliphatic imine (C=N–C) groups is 1. The minimum Gasteiger partial charge on any atom is -0.355 e. The largest absolute Gasteiger partial charge is 0.355 e. The predicted molar refractivity (Wildman–Crippen MR) is 132 cm³/mol. The van der Waals surface area contributed by atoms with E-state index in [9.17, 15) is 4.79 Å². The van der Waals surface area contributed by atoms with E-state index in [1.807, 2.05) is 62.4 Å². The fourth-order valence-electron chi connectivity index (χ4n) is 3.84. The van der Waals surface area contributed by atoms with E-state index in [4.69, 9.17) is 22.0 Å². The first kappa shape index (κ1) is 22.8. The van der Waals surface area contributed by atoms with E-state index in [1.165, 1.54) is 17.3 Å². The second kappa shape index (κ2) is 10.0. The van der Waals surface area contributed by atoms with Crippen molar-refractivity contribution in [3.05, 3.63) is 64.7 Å². The molecular weight excluding hydrogens is 444 g/mol. The summed E-state index contributed by atoms with van der Waals surface area (Å²) in [6.45, 7) is 4.55. The summed E-state index contributed by atoms with van der Waals surface area (Å²) in [4.78, 5) is 19.1. The van der Waals surface area contributed by atoms with Crippen LogP contribution in [0.25, 0.3) is 0 Å². The predicted octanol–water partition coefficient (Wildman–Crippen LogP) is 3.33. The summed E-state index contributed by atoms with van der Waals surface area (Å²) in [5, 5.41) is 13.1. The number of halogens is 1. The normalized spacial score (nSPS) is 22.5. The van der Waals surface area contributed by atoms with E-state index in [1.54, 1.807) is 4.90 Å². The van der Waals surface area contributed by atoms with Crippen molar-refractivity contribution in [2.45, 2.75) is 32.5 Å². The molecule has 0 saturated carbocycles. The smallest absolute Gasteiger partial charge is 0.230 e. The number of hydrogen-bond acceptors (Lipinski definition) is 6. The molecule has 168 valence electrons. The molecule has 2 aromatic carbocycles. The highest BCUT2D eigenvalue weighted by atomic mass is 35.5. The Labute approximate surface area is 197 Å². The second-order valence-electron chi connectivity index (χ2n) is 7.99. The summed E-state index contributed by atoms with van der Waals surface area (Å²) >= 11 is 7.70. The van der Waals surface area contributed by atoms with Crippen LogP contribution < -0.4 is 21.1 Å². The summed E-state index contributed by atoms with van der Waals surface area (Å²) < 4.78 is 0.